The number of benzene rings is 5. The Balaban J connectivity index is 1.58. The van der Waals surface area contributed by atoms with E-state index in [1.165, 1.54) is 37.9 Å². The maximum atomic E-state index is 9.19. The van der Waals surface area contributed by atoms with Crippen LogP contribution in [0.5, 0.6) is 0 Å². The summed E-state index contributed by atoms with van der Waals surface area (Å²) in [5.74, 6) is 0. The second-order valence-corrected chi connectivity index (χ2v) is 7.97. The zero-order chi connectivity index (χ0) is 21.5. The monoisotopic (exact) mass is 406 g/mol. The number of hydrogen-bond acceptors (Lipinski definition) is 2. The first-order valence-electron chi connectivity index (χ1n) is 10.6. The highest BCUT2D eigenvalue weighted by Gasteiger charge is 2.10. The Morgan fingerprint density at radius 2 is 1.00 bits per heavy atom. The molecule has 148 valence electrons. The van der Waals surface area contributed by atoms with Crippen LogP contribution in [0.15, 0.2) is 109 Å². The first-order valence-corrected chi connectivity index (χ1v) is 10.6. The smallest absolute Gasteiger partial charge is 0.141 e. The number of rotatable bonds is 2. The Morgan fingerprint density at radius 1 is 0.469 bits per heavy atom. The van der Waals surface area contributed by atoms with E-state index in [2.05, 4.69) is 102 Å². The van der Waals surface area contributed by atoms with Gasteiger partial charge in [-0.05, 0) is 78.8 Å². The third-order valence-electron chi connectivity index (χ3n) is 6.15. The second kappa shape index (κ2) is 7.34. The first kappa shape index (κ1) is 18.3. The van der Waals surface area contributed by atoms with Gasteiger partial charge in [0.25, 0.3) is 0 Å². The predicted octanol–water partition coefficient (Wildman–Crippen LogP) is 7.75. The Hall–Kier alpha value is -4.48. The third kappa shape index (κ3) is 2.92. The molecule has 2 nitrogen and oxygen atoms in total. The molecule has 0 aliphatic heterocycles. The number of pyridine rings is 1. The molecule has 32 heavy (non-hydrogen) atoms. The van der Waals surface area contributed by atoms with Crippen LogP contribution in [0.1, 0.15) is 5.69 Å². The fourth-order valence-electron chi connectivity index (χ4n) is 4.64. The molecule has 2 heteroatoms. The van der Waals surface area contributed by atoms with Gasteiger partial charge in [0.1, 0.15) is 11.8 Å². The first-order chi connectivity index (χ1) is 15.8. The van der Waals surface area contributed by atoms with E-state index in [9.17, 15) is 5.26 Å². The lowest BCUT2D eigenvalue weighted by Crippen LogP contribution is -1.87. The molecule has 5 aromatic carbocycles. The van der Waals surface area contributed by atoms with Crippen LogP contribution in [0.4, 0.5) is 0 Å². The molecular formula is C30H18N2. The van der Waals surface area contributed by atoms with Crippen molar-refractivity contribution < 1.29 is 0 Å². The number of fused-ring (bicyclic) bond motifs is 6. The maximum Gasteiger partial charge on any atom is 0.141 e. The molecule has 0 atom stereocenters. The van der Waals surface area contributed by atoms with Crippen molar-refractivity contribution in [2.24, 2.45) is 0 Å². The summed E-state index contributed by atoms with van der Waals surface area (Å²) in [5.41, 5.74) is 4.82. The van der Waals surface area contributed by atoms with E-state index in [1.807, 2.05) is 12.1 Å². The summed E-state index contributed by atoms with van der Waals surface area (Å²) >= 11 is 0. The molecule has 0 amide bonds. The standard InChI is InChI=1S/C30H18N2/c31-19-24-17-23(14-15-32-24)21-7-5-6-20(16-21)22-12-13-29-27-10-2-1-8-25(27)26-9-3-4-11-28(26)30(29)18-22/h1-18H. The topological polar surface area (TPSA) is 36.7 Å². The number of aromatic nitrogens is 1. The van der Waals surface area contributed by atoms with Crippen LogP contribution >= 0.6 is 0 Å². The van der Waals surface area contributed by atoms with Crippen molar-refractivity contribution in [3.05, 3.63) is 115 Å². The van der Waals surface area contributed by atoms with Crippen LogP contribution in [0.25, 0.3) is 54.6 Å². The van der Waals surface area contributed by atoms with Crippen molar-refractivity contribution >= 4 is 32.3 Å². The van der Waals surface area contributed by atoms with Gasteiger partial charge in [0.15, 0.2) is 0 Å². The largest absolute Gasteiger partial charge is 0.246 e. The quantitative estimate of drug-likeness (QED) is 0.276. The van der Waals surface area contributed by atoms with Crippen LogP contribution < -0.4 is 0 Å². The Kier molecular flexibility index (Phi) is 4.20. The highest BCUT2D eigenvalue weighted by atomic mass is 14.7. The van der Waals surface area contributed by atoms with Crippen molar-refractivity contribution in [3.8, 4) is 28.3 Å². The fraction of sp³-hybridized carbons (Fsp3) is 0. The fourth-order valence-corrected chi connectivity index (χ4v) is 4.64. The Morgan fingerprint density at radius 3 is 1.62 bits per heavy atom. The van der Waals surface area contributed by atoms with Crippen LogP contribution in [-0.4, -0.2) is 4.98 Å². The molecule has 0 unspecified atom stereocenters. The molecule has 0 N–H and O–H groups in total. The van der Waals surface area contributed by atoms with Gasteiger partial charge in [-0.2, -0.15) is 5.26 Å². The molecule has 1 heterocycles. The lowest BCUT2D eigenvalue weighted by atomic mass is 9.91. The average Bonchev–Trinajstić information content (AvgIpc) is 2.88. The highest BCUT2D eigenvalue weighted by Crippen LogP contribution is 2.37. The van der Waals surface area contributed by atoms with E-state index < -0.39 is 0 Å². The molecular weight excluding hydrogens is 388 g/mol. The van der Waals surface area contributed by atoms with Crippen LogP contribution in [0.3, 0.4) is 0 Å². The van der Waals surface area contributed by atoms with Crippen LogP contribution in [0, 0.1) is 11.3 Å². The molecule has 1 aromatic heterocycles. The van der Waals surface area contributed by atoms with Crippen molar-refractivity contribution in [2.45, 2.75) is 0 Å². The molecule has 0 saturated heterocycles. The van der Waals surface area contributed by atoms with Gasteiger partial charge < -0.3 is 0 Å². The van der Waals surface area contributed by atoms with Crippen LogP contribution in [-0.2, 0) is 0 Å². The summed E-state index contributed by atoms with van der Waals surface area (Å²) in [6, 6.07) is 38.4. The van der Waals surface area contributed by atoms with Crippen molar-refractivity contribution in [3.63, 3.8) is 0 Å². The summed E-state index contributed by atoms with van der Waals surface area (Å²) in [6.45, 7) is 0. The van der Waals surface area contributed by atoms with E-state index >= 15 is 0 Å². The van der Waals surface area contributed by atoms with E-state index in [0.29, 0.717) is 5.69 Å². The van der Waals surface area contributed by atoms with Crippen molar-refractivity contribution in [1.82, 2.24) is 4.98 Å². The van der Waals surface area contributed by atoms with E-state index in [1.54, 1.807) is 6.20 Å². The van der Waals surface area contributed by atoms with E-state index in [4.69, 9.17) is 0 Å². The van der Waals surface area contributed by atoms with Gasteiger partial charge in [-0.1, -0.05) is 78.9 Å². The van der Waals surface area contributed by atoms with Gasteiger partial charge in [-0.3, -0.25) is 0 Å². The van der Waals surface area contributed by atoms with E-state index in [0.717, 1.165) is 16.7 Å². The van der Waals surface area contributed by atoms with Gasteiger partial charge in [0.2, 0.25) is 0 Å². The predicted molar refractivity (Wildman–Crippen MR) is 132 cm³/mol. The zero-order valence-corrected chi connectivity index (χ0v) is 17.3. The Labute approximate surface area is 186 Å². The van der Waals surface area contributed by atoms with Gasteiger partial charge in [-0.25, -0.2) is 4.98 Å². The van der Waals surface area contributed by atoms with Gasteiger partial charge in [-0.15, -0.1) is 0 Å². The SMILES string of the molecule is N#Cc1cc(-c2cccc(-c3ccc4c5ccccc5c5ccccc5c4c3)c2)ccn1. The summed E-state index contributed by atoms with van der Waals surface area (Å²) in [7, 11) is 0. The molecule has 0 saturated carbocycles. The van der Waals surface area contributed by atoms with Gasteiger partial charge >= 0.3 is 0 Å². The lowest BCUT2D eigenvalue weighted by Gasteiger charge is -2.12. The molecule has 6 aromatic rings. The number of nitriles is 1. The minimum atomic E-state index is 0.428. The van der Waals surface area contributed by atoms with Crippen molar-refractivity contribution in [2.75, 3.05) is 0 Å². The summed E-state index contributed by atoms with van der Waals surface area (Å²) in [4.78, 5) is 4.09. The van der Waals surface area contributed by atoms with E-state index in [-0.39, 0.29) is 0 Å². The van der Waals surface area contributed by atoms with Crippen LogP contribution in [0.2, 0.25) is 0 Å². The molecule has 6 rings (SSSR count). The third-order valence-corrected chi connectivity index (χ3v) is 6.15. The summed E-state index contributed by atoms with van der Waals surface area (Å²) in [5, 5.41) is 16.8. The summed E-state index contributed by atoms with van der Waals surface area (Å²) < 4.78 is 0. The minimum Gasteiger partial charge on any atom is -0.246 e. The van der Waals surface area contributed by atoms with Crippen molar-refractivity contribution in [1.29, 1.82) is 5.26 Å². The molecule has 0 spiro atoms. The highest BCUT2D eigenvalue weighted by molar-refractivity contribution is 6.25. The molecule has 0 aliphatic carbocycles. The maximum absolute atomic E-state index is 9.19. The summed E-state index contributed by atoms with van der Waals surface area (Å²) in [6.07, 6.45) is 1.69. The lowest BCUT2D eigenvalue weighted by molar-refractivity contribution is 1.26. The molecule has 0 fully saturated rings. The second-order valence-electron chi connectivity index (χ2n) is 7.97. The molecule has 0 bridgehead atoms. The van der Waals surface area contributed by atoms with Gasteiger partial charge in [0, 0.05) is 6.20 Å². The molecule has 0 aliphatic rings. The zero-order valence-electron chi connectivity index (χ0n) is 17.3. The normalized spacial score (nSPS) is 11.1. The number of hydrogen-bond donors (Lipinski definition) is 0. The molecule has 0 radical (unpaired) electrons. The minimum absolute atomic E-state index is 0.428. The average molecular weight is 406 g/mol. The number of nitrogens with zero attached hydrogens (tertiary/aromatic N) is 2. The Bertz CT molecular complexity index is 1650. The van der Waals surface area contributed by atoms with Gasteiger partial charge in [0.05, 0.1) is 0 Å².